The summed E-state index contributed by atoms with van der Waals surface area (Å²) in [6.07, 6.45) is 0. The van der Waals surface area contributed by atoms with Gasteiger partial charge in [0.25, 0.3) is 0 Å². The second-order valence-corrected chi connectivity index (χ2v) is 8.00. The highest BCUT2D eigenvalue weighted by molar-refractivity contribution is 6.32. The van der Waals surface area contributed by atoms with Crippen molar-refractivity contribution in [1.29, 1.82) is 0 Å². The van der Waals surface area contributed by atoms with Crippen LogP contribution in [0.2, 0.25) is 5.02 Å². The Morgan fingerprint density at radius 2 is 1.30 bits per heavy atom. The van der Waals surface area contributed by atoms with Crippen LogP contribution in [0.3, 0.4) is 0 Å². The van der Waals surface area contributed by atoms with E-state index in [4.69, 9.17) is 11.6 Å². The summed E-state index contributed by atoms with van der Waals surface area (Å²) in [5.41, 5.74) is 5.93. The molecule has 0 saturated heterocycles. The zero-order valence-electron chi connectivity index (χ0n) is 16.2. The number of para-hydroxylation sites is 1. The molecule has 0 amide bonds. The molecule has 1 nitrogen and oxygen atoms in total. The van der Waals surface area contributed by atoms with E-state index in [0.717, 1.165) is 16.2 Å². The number of hydrogen-bond donors (Lipinski definition) is 0. The van der Waals surface area contributed by atoms with Crippen LogP contribution in [0.5, 0.6) is 0 Å². The lowest BCUT2D eigenvalue weighted by atomic mass is 9.95. The first-order valence-corrected chi connectivity index (χ1v) is 10.5. The third-order valence-corrected chi connectivity index (χ3v) is 6.05. The predicted octanol–water partition coefficient (Wildman–Crippen LogP) is 8.26. The van der Waals surface area contributed by atoms with E-state index in [1.165, 1.54) is 38.2 Å². The highest BCUT2D eigenvalue weighted by atomic mass is 35.5. The van der Waals surface area contributed by atoms with E-state index in [1.807, 2.05) is 6.07 Å². The molecule has 0 bridgehead atoms. The molecular formula is C28H18ClN. The van der Waals surface area contributed by atoms with Gasteiger partial charge < -0.3 is 4.57 Å². The van der Waals surface area contributed by atoms with Gasteiger partial charge in [0.2, 0.25) is 0 Å². The highest BCUT2D eigenvalue weighted by Crippen LogP contribution is 2.43. The van der Waals surface area contributed by atoms with E-state index in [-0.39, 0.29) is 0 Å². The van der Waals surface area contributed by atoms with E-state index in [9.17, 15) is 0 Å². The predicted molar refractivity (Wildman–Crippen MR) is 129 cm³/mol. The molecular weight excluding hydrogens is 386 g/mol. The van der Waals surface area contributed by atoms with E-state index in [0.29, 0.717) is 0 Å². The molecule has 0 N–H and O–H groups in total. The van der Waals surface area contributed by atoms with Gasteiger partial charge in [0.05, 0.1) is 11.0 Å². The molecule has 5 aromatic carbocycles. The number of hydrogen-bond acceptors (Lipinski definition) is 0. The van der Waals surface area contributed by atoms with E-state index in [1.54, 1.807) is 0 Å². The van der Waals surface area contributed by atoms with Crippen molar-refractivity contribution in [3.63, 3.8) is 0 Å². The summed E-state index contributed by atoms with van der Waals surface area (Å²) in [4.78, 5) is 0. The van der Waals surface area contributed by atoms with Crippen LogP contribution in [0, 0.1) is 0 Å². The SMILES string of the molecule is Clc1ccc2c3c(-c4ccccc4)cc4ccccc4c3n(-c3ccccc3)c2c1. The second kappa shape index (κ2) is 6.76. The zero-order valence-corrected chi connectivity index (χ0v) is 17.0. The van der Waals surface area contributed by atoms with Crippen LogP contribution in [-0.4, -0.2) is 4.57 Å². The fraction of sp³-hybridized carbons (Fsp3) is 0. The maximum absolute atomic E-state index is 6.47. The average Bonchev–Trinajstić information content (AvgIpc) is 3.14. The fourth-order valence-electron chi connectivity index (χ4n) is 4.55. The van der Waals surface area contributed by atoms with Gasteiger partial charge in [-0.15, -0.1) is 0 Å². The number of fused-ring (bicyclic) bond motifs is 5. The normalized spacial score (nSPS) is 11.5. The third-order valence-electron chi connectivity index (χ3n) is 5.81. The van der Waals surface area contributed by atoms with Crippen molar-refractivity contribution >= 4 is 44.2 Å². The van der Waals surface area contributed by atoms with Gasteiger partial charge >= 0.3 is 0 Å². The molecule has 6 aromatic rings. The van der Waals surface area contributed by atoms with Crippen molar-refractivity contribution < 1.29 is 0 Å². The average molecular weight is 404 g/mol. The summed E-state index contributed by atoms with van der Waals surface area (Å²) < 4.78 is 2.35. The smallest absolute Gasteiger partial charge is 0.0625 e. The minimum Gasteiger partial charge on any atom is -0.309 e. The van der Waals surface area contributed by atoms with Gasteiger partial charge in [0.1, 0.15) is 0 Å². The number of halogens is 1. The van der Waals surface area contributed by atoms with E-state index < -0.39 is 0 Å². The molecule has 0 aliphatic carbocycles. The molecule has 30 heavy (non-hydrogen) atoms. The van der Waals surface area contributed by atoms with Gasteiger partial charge in [-0.3, -0.25) is 0 Å². The summed E-state index contributed by atoms with van der Waals surface area (Å²) in [5.74, 6) is 0. The second-order valence-electron chi connectivity index (χ2n) is 7.57. The summed E-state index contributed by atoms with van der Waals surface area (Å²) in [5, 5.41) is 5.68. The lowest BCUT2D eigenvalue weighted by Crippen LogP contribution is -1.94. The van der Waals surface area contributed by atoms with Gasteiger partial charge in [-0.05, 0) is 46.8 Å². The number of rotatable bonds is 2. The Morgan fingerprint density at radius 3 is 2.10 bits per heavy atom. The molecule has 0 fully saturated rings. The number of benzene rings is 5. The Kier molecular flexibility index (Phi) is 3.90. The molecule has 1 aromatic heterocycles. The van der Waals surface area contributed by atoms with Crippen LogP contribution < -0.4 is 0 Å². The maximum atomic E-state index is 6.47. The van der Waals surface area contributed by atoms with Gasteiger partial charge in [0.15, 0.2) is 0 Å². The van der Waals surface area contributed by atoms with E-state index >= 15 is 0 Å². The van der Waals surface area contributed by atoms with Crippen LogP contribution in [-0.2, 0) is 0 Å². The molecule has 0 atom stereocenters. The van der Waals surface area contributed by atoms with E-state index in [2.05, 4.69) is 108 Å². The van der Waals surface area contributed by atoms with Crippen LogP contribution in [0.1, 0.15) is 0 Å². The number of aromatic nitrogens is 1. The fourth-order valence-corrected chi connectivity index (χ4v) is 4.71. The molecule has 142 valence electrons. The molecule has 2 heteroatoms. The molecule has 0 saturated carbocycles. The Bertz CT molecular complexity index is 1530. The molecule has 0 aliphatic heterocycles. The minimum absolute atomic E-state index is 0.744. The molecule has 0 radical (unpaired) electrons. The largest absolute Gasteiger partial charge is 0.309 e. The first-order chi connectivity index (χ1) is 14.8. The summed E-state index contributed by atoms with van der Waals surface area (Å²) in [6.45, 7) is 0. The number of nitrogens with zero attached hydrogens (tertiary/aromatic N) is 1. The van der Waals surface area contributed by atoms with Crippen LogP contribution >= 0.6 is 11.6 Å². The van der Waals surface area contributed by atoms with Gasteiger partial charge in [0, 0.05) is 26.9 Å². The maximum Gasteiger partial charge on any atom is 0.0625 e. The lowest BCUT2D eigenvalue weighted by molar-refractivity contribution is 1.19. The monoisotopic (exact) mass is 403 g/mol. The first-order valence-electron chi connectivity index (χ1n) is 10.1. The Morgan fingerprint density at radius 1 is 0.600 bits per heavy atom. The van der Waals surface area contributed by atoms with Crippen molar-refractivity contribution in [2.24, 2.45) is 0 Å². The van der Waals surface area contributed by atoms with Crippen molar-refractivity contribution in [3.8, 4) is 16.8 Å². The van der Waals surface area contributed by atoms with Crippen molar-refractivity contribution in [2.75, 3.05) is 0 Å². The van der Waals surface area contributed by atoms with Crippen molar-refractivity contribution in [2.45, 2.75) is 0 Å². The highest BCUT2D eigenvalue weighted by Gasteiger charge is 2.19. The lowest BCUT2D eigenvalue weighted by Gasteiger charge is -2.12. The van der Waals surface area contributed by atoms with Crippen LogP contribution in [0.25, 0.3) is 49.4 Å². The Labute approximate surface area is 179 Å². The molecule has 0 unspecified atom stereocenters. The van der Waals surface area contributed by atoms with Gasteiger partial charge in [-0.1, -0.05) is 90.5 Å². The Hall–Kier alpha value is -3.55. The first kappa shape index (κ1) is 17.3. The third kappa shape index (κ3) is 2.56. The van der Waals surface area contributed by atoms with Gasteiger partial charge in [-0.2, -0.15) is 0 Å². The summed E-state index contributed by atoms with van der Waals surface area (Å²) in [7, 11) is 0. The molecule has 0 aliphatic rings. The van der Waals surface area contributed by atoms with Crippen LogP contribution in [0.15, 0.2) is 109 Å². The summed E-state index contributed by atoms with van der Waals surface area (Å²) >= 11 is 6.47. The van der Waals surface area contributed by atoms with Crippen LogP contribution in [0.4, 0.5) is 0 Å². The topological polar surface area (TPSA) is 4.93 Å². The summed E-state index contributed by atoms with van der Waals surface area (Å²) in [6, 6.07) is 38.3. The molecule has 1 heterocycles. The Balaban J connectivity index is 1.92. The quantitative estimate of drug-likeness (QED) is 0.274. The molecule has 0 spiro atoms. The van der Waals surface area contributed by atoms with Gasteiger partial charge in [-0.25, -0.2) is 0 Å². The van der Waals surface area contributed by atoms with Crippen molar-refractivity contribution in [1.82, 2.24) is 4.57 Å². The standard InChI is InChI=1S/C28H18ClN/c29-21-15-16-24-26(18-21)30(22-12-5-2-6-13-22)28-23-14-8-7-11-20(23)17-25(27(24)28)19-9-3-1-4-10-19/h1-18H. The zero-order chi connectivity index (χ0) is 20.1. The molecule has 6 rings (SSSR count). The van der Waals surface area contributed by atoms with Crippen molar-refractivity contribution in [3.05, 3.63) is 114 Å². The minimum atomic E-state index is 0.744.